The predicted octanol–water partition coefficient (Wildman–Crippen LogP) is 0.200. The van der Waals surface area contributed by atoms with Crippen LogP contribution in [0, 0.1) is 0 Å². The highest BCUT2D eigenvalue weighted by atomic mass is 15.3. The monoisotopic (exact) mass is 201 g/mol. The molecule has 3 rings (SSSR count). The lowest BCUT2D eigenvalue weighted by atomic mass is 10.6. The van der Waals surface area contributed by atoms with Crippen LogP contribution in [0.1, 0.15) is 0 Å². The first kappa shape index (κ1) is 7.98. The van der Waals surface area contributed by atoms with Gasteiger partial charge in [0.1, 0.15) is 12.4 Å². The molecule has 0 spiro atoms. The predicted molar refractivity (Wildman–Crippen MR) is 51.6 cm³/mol. The fraction of sp³-hybridized carbons (Fsp3) is 0. The van der Waals surface area contributed by atoms with Gasteiger partial charge in [-0.05, 0) is 0 Å². The molecule has 6 heteroatoms. The van der Waals surface area contributed by atoms with E-state index in [1.165, 1.54) is 0 Å². The lowest BCUT2D eigenvalue weighted by molar-refractivity contribution is -0.598. The Morgan fingerprint density at radius 1 is 1.13 bits per heavy atom. The molecule has 0 fully saturated rings. The van der Waals surface area contributed by atoms with Gasteiger partial charge in [-0.1, -0.05) is 0 Å². The van der Waals surface area contributed by atoms with Crippen molar-refractivity contribution in [3.05, 3.63) is 43.2 Å². The molecule has 0 aliphatic heterocycles. The van der Waals surface area contributed by atoms with Crippen LogP contribution in [0.3, 0.4) is 0 Å². The molecule has 0 aliphatic carbocycles. The minimum Gasteiger partial charge on any atom is -0.250 e. The van der Waals surface area contributed by atoms with E-state index in [4.69, 9.17) is 0 Å². The minimum absolute atomic E-state index is 0.924. The van der Waals surface area contributed by atoms with E-state index < -0.39 is 0 Å². The van der Waals surface area contributed by atoms with E-state index in [1.54, 1.807) is 12.4 Å². The van der Waals surface area contributed by atoms with Crippen LogP contribution in [-0.2, 0) is 0 Å². The number of aromatic nitrogens is 6. The van der Waals surface area contributed by atoms with Gasteiger partial charge in [-0.15, -0.1) is 5.10 Å². The van der Waals surface area contributed by atoms with Gasteiger partial charge in [-0.2, -0.15) is 10.2 Å². The summed E-state index contributed by atoms with van der Waals surface area (Å²) in [5.74, 6) is 1.85. The molecule has 0 aliphatic rings. The number of hydrogen-bond acceptors (Lipinski definition) is 2. The molecule has 3 heterocycles. The van der Waals surface area contributed by atoms with E-state index in [0.29, 0.717) is 0 Å². The molecule has 0 saturated heterocycles. The molecule has 15 heavy (non-hydrogen) atoms. The Bertz CT molecular complexity index is 484. The van der Waals surface area contributed by atoms with Gasteiger partial charge in [0.25, 0.3) is 5.82 Å². The normalized spacial score (nSPS) is 10.7. The van der Waals surface area contributed by atoms with Crippen LogP contribution in [0.5, 0.6) is 0 Å². The maximum Gasteiger partial charge on any atom is 0.251 e. The molecular formula is C9H9N6+. The number of aromatic amines is 2. The summed E-state index contributed by atoms with van der Waals surface area (Å²) in [4.78, 5) is 0. The highest BCUT2D eigenvalue weighted by molar-refractivity contribution is 5.17. The third-order valence-electron chi connectivity index (χ3n) is 2.17. The molecule has 0 aromatic carbocycles. The molecule has 0 radical (unpaired) electrons. The van der Waals surface area contributed by atoms with Crippen molar-refractivity contribution in [2.75, 3.05) is 0 Å². The van der Waals surface area contributed by atoms with Gasteiger partial charge in [0, 0.05) is 12.1 Å². The third-order valence-corrected chi connectivity index (χ3v) is 2.17. The fourth-order valence-corrected chi connectivity index (χ4v) is 1.42. The van der Waals surface area contributed by atoms with Crippen molar-refractivity contribution in [3.63, 3.8) is 0 Å². The number of rotatable bonds is 2. The lowest BCUT2D eigenvalue weighted by Crippen LogP contribution is -2.27. The van der Waals surface area contributed by atoms with Gasteiger partial charge in [0.05, 0.1) is 12.4 Å². The Morgan fingerprint density at radius 3 is 2.73 bits per heavy atom. The third kappa shape index (κ3) is 1.32. The highest BCUT2D eigenvalue weighted by Gasteiger charge is 2.07. The summed E-state index contributed by atoms with van der Waals surface area (Å²) >= 11 is 0. The maximum atomic E-state index is 3.90. The standard InChI is InChI=1S/C9H9N6/c1-3-10-12-8(1)14-5-6-15(7-14)9-2-4-11-13-9/h1-7H,(H,10,12)(H,11,13)/q+1. The van der Waals surface area contributed by atoms with Crippen LogP contribution >= 0.6 is 0 Å². The van der Waals surface area contributed by atoms with Crippen molar-refractivity contribution in [3.8, 4) is 11.6 Å². The largest absolute Gasteiger partial charge is 0.251 e. The molecule has 6 nitrogen and oxygen atoms in total. The Hall–Kier alpha value is -2.37. The molecule has 3 aromatic heterocycles. The quantitative estimate of drug-likeness (QED) is 0.582. The van der Waals surface area contributed by atoms with E-state index in [-0.39, 0.29) is 0 Å². The first-order chi connectivity index (χ1) is 7.43. The van der Waals surface area contributed by atoms with Crippen molar-refractivity contribution in [1.82, 2.24) is 25.0 Å². The zero-order chi connectivity index (χ0) is 10.1. The average Bonchev–Trinajstić information content (AvgIpc) is 3.02. The summed E-state index contributed by atoms with van der Waals surface area (Å²) in [7, 11) is 0. The van der Waals surface area contributed by atoms with Crippen LogP contribution in [0.25, 0.3) is 11.6 Å². The summed E-state index contributed by atoms with van der Waals surface area (Å²) in [6.07, 6.45) is 9.25. The van der Waals surface area contributed by atoms with Crippen LogP contribution < -0.4 is 4.57 Å². The van der Waals surface area contributed by atoms with Gasteiger partial charge < -0.3 is 0 Å². The number of hydrogen-bond donors (Lipinski definition) is 2. The smallest absolute Gasteiger partial charge is 0.250 e. The summed E-state index contributed by atoms with van der Waals surface area (Å²) in [5, 5.41) is 13.6. The Labute approximate surface area is 85.2 Å². The summed E-state index contributed by atoms with van der Waals surface area (Å²) in [5.41, 5.74) is 0. The lowest BCUT2D eigenvalue weighted by Gasteiger charge is -1.89. The van der Waals surface area contributed by atoms with Crippen LogP contribution in [0.2, 0.25) is 0 Å². The second-order valence-electron chi connectivity index (χ2n) is 3.11. The Morgan fingerprint density at radius 2 is 2.00 bits per heavy atom. The van der Waals surface area contributed by atoms with Gasteiger partial charge in [-0.25, -0.2) is 14.2 Å². The zero-order valence-electron chi connectivity index (χ0n) is 7.83. The molecule has 3 aromatic rings. The van der Waals surface area contributed by atoms with Crippen molar-refractivity contribution in [2.45, 2.75) is 0 Å². The number of H-pyrrole nitrogens is 2. The summed E-state index contributed by atoms with van der Waals surface area (Å²) in [6, 6.07) is 3.80. The molecule has 2 N–H and O–H groups in total. The topological polar surface area (TPSA) is 66.2 Å². The second-order valence-corrected chi connectivity index (χ2v) is 3.11. The first-order valence-corrected chi connectivity index (χ1v) is 4.52. The Kier molecular flexibility index (Phi) is 1.64. The summed E-state index contributed by atoms with van der Waals surface area (Å²) in [6.45, 7) is 0. The second kappa shape index (κ2) is 3.09. The average molecular weight is 201 g/mol. The van der Waals surface area contributed by atoms with Crippen LogP contribution in [-0.4, -0.2) is 25.0 Å². The van der Waals surface area contributed by atoms with Crippen molar-refractivity contribution < 1.29 is 4.57 Å². The van der Waals surface area contributed by atoms with Crippen LogP contribution in [0.15, 0.2) is 43.2 Å². The number of nitrogens with zero attached hydrogens (tertiary/aromatic N) is 4. The zero-order valence-corrected chi connectivity index (χ0v) is 7.83. The van der Waals surface area contributed by atoms with Crippen LogP contribution in [0.4, 0.5) is 0 Å². The van der Waals surface area contributed by atoms with E-state index >= 15 is 0 Å². The molecule has 74 valence electrons. The molecule has 0 amide bonds. The highest BCUT2D eigenvalue weighted by Crippen LogP contribution is 2.00. The number of imidazole rings is 1. The SMILES string of the molecule is c1cc(-n2cc[n+](-c3ccn[nH]3)c2)[nH]n1. The molecule has 0 bridgehead atoms. The van der Waals surface area contributed by atoms with E-state index in [1.807, 2.05) is 40.0 Å². The minimum atomic E-state index is 0.924. The molecule has 0 unspecified atom stereocenters. The van der Waals surface area contributed by atoms with Gasteiger partial charge in [0.2, 0.25) is 6.33 Å². The van der Waals surface area contributed by atoms with Crippen molar-refractivity contribution in [2.24, 2.45) is 0 Å². The molecule has 0 saturated carbocycles. The fourth-order valence-electron chi connectivity index (χ4n) is 1.42. The first-order valence-electron chi connectivity index (χ1n) is 4.52. The van der Waals surface area contributed by atoms with Crippen molar-refractivity contribution in [1.29, 1.82) is 0 Å². The van der Waals surface area contributed by atoms with E-state index in [0.717, 1.165) is 11.6 Å². The van der Waals surface area contributed by atoms with E-state index in [2.05, 4.69) is 20.4 Å². The van der Waals surface area contributed by atoms with Gasteiger partial charge in [0.15, 0.2) is 5.82 Å². The molecule has 0 atom stereocenters. The summed E-state index contributed by atoms with van der Waals surface area (Å²) < 4.78 is 3.88. The van der Waals surface area contributed by atoms with Gasteiger partial charge in [-0.3, -0.25) is 0 Å². The van der Waals surface area contributed by atoms with E-state index in [9.17, 15) is 0 Å². The Balaban J connectivity index is 2.02. The maximum absolute atomic E-state index is 3.90. The van der Waals surface area contributed by atoms with Crippen molar-refractivity contribution >= 4 is 0 Å². The van der Waals surface area contributed by atoms with Gasteiger partial charge >= 0.3 is 0 Å². The number of nitrogens with one attached hydrogen (secondary N) is 2. The molecular weight excluding hydrogens is 192 g/mol.